The summed E-state index contributed by atoms with van der Waals surface area (Å²) in [5.41, 5.74) is 2.98. The van der Waals surface area contributed by atoms with Gasteiger partial charge in [0.15, 0.2) is 11.5 Å². The Kier molecular flexibility index (Phi) is 8.58. The van der Waals surface area contributed by atoms with E-state index in [1.807, 2.05) is 38.2 Å². The zero-order chi connectivity index (χ0) is 19.6. The quantitative estimate of drug-likeness (QED) is 0.573. The number of aromatic nitrogens is 1. The van der Waals surface area contributed by atoms with Crippen molar-refractivity contribution in [3.8, 4) is 22.6 Å². The van der Waals surface area contributed by atoms with Crippen LogP contribution in [-0.4, -0.2) is 49.2 Å². The van der Waals surface area contributed by atoms with Crippen LogP contribution in [0.2, 0.25) is 6.32 Å². The van der Waals surface area contributed by atoms with E-state index in [1.165, 1.54) is 0 Å². The van der Waals surface area contributed by atoms with Crippen LogP contribution in [0.3, 0.4) is 0 Å². The van der Waals surface area contributed by atoms with E-state index in [0.29, 0.717) is 37.5 Å². The van der Waals surface area contributed by atoms with Crippen LogP contribution in [0.5, 0.6) is 11.5 Å². The monoisotopic (exact) mass is 373 g/mol. The maximum absolute atomic E-state index is 9.55. The number of ether oxygens (including phenoxy) is 2. The summed E-state index contributed by atoms with van der Waals surface area (Å²) in [7, 11) is 0.905. The molecule has 1 aliphatic heterocycles. The number of hydrogen-bond donors (Lipinski definition) is 2. The van der Waals surface area contributed by atoms with Crippen molar-refractivity contribution in [1.82, 2.24) is 4.98 Å². The Morgan fingerprint density at radius 1 is 1.19 bits per heavy atom. The predicted octanol–water partition coefficient (Wildman–Crippen LogP) is 3.14. The standard InChI is InChI=1S/C18H22BNO5.C2H6/c1-23-17-4-3-13(8-18(17)24-6-2-5-21)14-7-15(11-20-10-14)16-9-19(22)25-12-16;1-2/h3-4,7-8,10-11,16,21-22H,2,5-6,9,12H2,1H3;1-2H3. The fourth-order valence-corrected chi connectivity index (χ4v) is 2.89. The number of aliphatic hydroxyl groups excluding tert-OH is 1. The van der Waals surface area contributed by atoms with Crippen LogP contribution in [0.25, 0.3) is 11.1 Å². The molecule has 1 aliphatic rings. The van der Waals surface area contributed by atoms with Gasteiger partial charge in [0.25, 0.3) is 0 Å². The second kappa shape index (κ2) is 10.9. The molecule has 2 aromatic rings. The van der Waals surface area contributed by atoms with Gasteiger partial charge in [0, 0.05) is 43.5 Å². The molecule has 0 aliphatic carbocycles. The van der Waals surface area contributed by atoms with Gasteiger partial charge in [0.2, 0.25) is 0 Å². The third-order valence-corrected chi connectivity index (χ3v) is 4.26. The van der Waals surface area contributed by atoms with E-state index in [0.717, 1.165) is 16.7 Å². The SMILES string of the molecule is CC.COc1ccc(-c2cncc(C3COB(O)C3)c2)cc1OCCCO. The molecular formula is C20H28BNO5. The van der Waals surface area contributed by atoms with Gasteiger partial charge in [-0.1, -0.05) is 19.9 Å². The zero-order valence-electron chi connectivity index (χ0n) is 16.2. The van der Waals surface area contributed by atoms with E-state index in [-0.39, 0.29) is 12.5 Å². The highest BCUT2D eigenvalue weighted by Crippen LogP contribution is 2.34. The van der Waals surface area contributed by atoms with Gasteiger partial charge >= 0.3 is 7.12 Å². The molecule has 1 fully saturated rings. The third-order valence-electron chi connectivity index (χ3n) is 4.26. The summed E-state index contributed by atoms with van der Waals surface area (Å²) in [5, 5.41) is 18.5. The number of pyridine rings is 1. The maximum Gasteiger partial charge on any atom is 0.454 e. The van der Waals surface area contributed by atoms with Crippen molar-refractivity contribution < 1.29 is 24.3 Å². The second-order valence-corrected chi connectivity index (χ2v) is 6.02. The van der Waals surface area contributed by atoms with E-state index >= 15 is 0 Å². The highest BCUT2D eigenvalue weighted by Gasteiger charge is 2.30. The fourth-order valence-electron chi connectivity index (χ4n) is 2.89. The molecule has 1 atom stereocenters. The van der Waals surface area contributed by atoms with Crippen LogP contribution in [0.15, 0.2) is 36.7 Å². The van der Waals surface area contributed by atoms with Crippen LogP contribution < -0.4 is 9.47 Å². The lowest BCUT2D eigenvalue weighted by Gasteiger charge is -2.13. The molecule has 1 unspecified atom stereocenters. The first kappa shape index (κ1) is 21.2. The van der Waals surface area contributed by atoms with Crippen LogP contribution in [-0.2, 0) is 4.65 Å². The molecule has 6 nitrogen and oxygen atoms in total. The molecule has 146 valence electrons. The summed E-state index contributed by atoms with van der Waals surface area (Å²) in [6.45, 7) is 5.01. The molecule has 27 heavy (non-hydrogen) atoms. The molecule has 2 heterocycles. The Balaban J connectivity index is 0.00000126. The van der Waals surface area contributed by atoms with Crippen molar-refractivity contribution in [3.05, 3.63) is 42.2 Å². The topological polar surface area (TPSA) is 81.0 Å². The van der Waals surface area contributed by atoms with Gasteiger partial charge in [-0.05, 0) is 35.6 Å². The van der Waals surface area contributed by atoms with E-state index in [2.05, 4.69) is 11.1 Å². The molecule has 0 spiro atoms. The average molecular weight is 373 g/mol. The van der Waals surface area contributed by atoms with Gasteiger partial charge in [-0.2, -0.15) is 0 Å². The largest absolute Gasteiger partial charge is 0.493 e. The van der Waals surface area contributed by atoms with Crippen LogP contribution in [0.4, 0.5) is 0 Å². The summed E-state index contributed by atoms with van der Waals surface area (Å²) < 4.78 is 16.3. The van der Waals surface area contributed by atoms with E-state index in [9.17, 15) is 5.02 Å². The van der Waals surface area contributed by atoms with E-state index in [1.54, 1.807) is 13.3 Å². The minimum atomic E-state index is -0.693. The van der Waals surface area contributed by atoms with Gasteiger partial charge in [0.1, 0.15) is 0 Å². The van der Waals surface area contributed by atoms with E-state index < -0.39 is 7.12 Å². The first-order chi connectivity index (χ1) is 13.2. The average Bonchev–Trinajstić information content (AvgIpc) is 3.16. The Morgan fingerprint density at radius 2 is 2.00 bits per heavy atom. The minimum absolute atomic E-state index is 0.0866. The lowest BCUT2D eigenvalue weighted by atomic mass is 9.80. The van der Waals surface area contributed by atoms with Crippen molar-refractivity contribution in [3.63, 3.8) is 0 Å². The molecule has 0 saturated carbocycles. The molecule has 1 saturated heterocycles. The van der Waals surface area contributed by atoms with Gasteiger partial charge in [-0.25, -0.2) is 0 Å². The Hall–Kier alpha value is -2.09. The summed E-state index contributed by atoms with van der Waals surface area (Å²) >= 11 is 0. The van der Waals surface area contributed by atoms with Crippen LogP contribution in [0, 0.1) is 0 Å². The van der Waals surface area contributed by atoms with Gasteiger partial charge in [-0.3, -0.25) is 4.98 Å². The predicted molar refractivity (Wildman–Crippen MR) is 106 cm³/mol. The Morgan fingerprint density at radius 3 is 2.67 bits per heavy atom. The number of rotatable bonds is 7. The highest BCUT2D eigenvalue weighted by molar-refractivity contribution is 6.43. The number of nitrogens with zero attached hydrogens (tertiary/aromatic N) is 1. The van der Waals surface area contributed by atoms with Gasteiger partial charge < -0.3 is 24.3 Å². The lowest BCUT2D eigenvalue weighted by molar-refractivity contribution is 0.228. The summed E-state index contributed by atoms with van der Waals surface area (Å²) in [5.74, 6) is 1.44. The molecule has 0 bridgehead atoms. The number of methoxy groups -OCH3 is 1. The van der Waals surface area contributed by atoms with Gasteiger partial charge in [0.05, 0.1) is 13.7 Å². The van der Waals surface area contributed by atoms with Crippen molar-refractivity contribution >= 4 is 7.12 Å². The summed E-state index contributed by atoms with van der Waals surface area (Å²) in [4.78, 5) is 4.34. The molecule has 2 N–H and O–H groups in total. The highest BCUT2D eigenvalue weighted by atomic mass is 16.5. The van der Waals surface area contributed by atoms with Crippen LogP contribution in [0.1, 0.15) is 31.7 Å². The van der Waals surface area contributed by atoms with Crippen LogP contribution >= 0.6 is 0 Å². The van der Waals surface area contributed by atoms with Crippen molar-refractivity contribution in [1.29, 1.82) is 0 Å². The molecule has 0 radical (unpaired) electrons. The number of benzene rings is 1. The molecular weight excluding hydrogens is 345 g/mol. The lowest BCUT2D eigenvalue weighted by Crippen LogP contribution is -2.07. The zero-order valence-corrected chi connectivity index (χ0v) is 16.2. The molecule has 1 aromatic heterocycles. The smallest absolute Gasteiger partial charge is 0.454 e. The molecule has 0 amide bonds. The Labute approximate surface area is 161 Å². The molecule has 3 rings (SSSR count). The fraction of sp³-hybridized carbons (Fsp3) is 0.450. The normalized spacial score (nSPS) is 15.9. The maximum atomic E-state index is 9.55. The number of aliphatic hydroxyl groups is 1. The van der Waals surface area contributed by atoms with Crippen molar-refractivity contribution in [2.24, 2.45) is 0 Å². The first-order valence-electron chi connectivity index (χ1n) is 9.38. The van der Waals surface area contributed by atoms with Gasteiger partial charge in [-0.15, -0.1) is 0 Å². The van der Waals surface area contributed by atoms with Crippen molar-refractivity contribution in [2.75, 3.05) is 26.9 Å². The van der Waals surface area contributed by atoms with Crippen molar-refractivity contribution in [2.45, 2.75) is 32.5 Å². The summed E-state index contributed by atoms with van der Waals surface area (Å²) in [6, 6.07) is 7.80. The third kappa shape index (κ3) is 5.69. The molecule has 1 aromatic carbocycles. The van der Waals surface area contributed by atoms with E-state index in [4.69, 9.17) is 19.2 Å². The summed E-state index contributed by atoms with van der Waals surface area (Å²) in [6.07, 6.45) is 4.77. The minimum Gasteiger partial charge on any atom is -0.493 e. The number of hydrogen-bond acceptors (Lipinski definition) is 6. The second-order valence-electron chi connectivity index (χ2n) is 6.02. The molecule has 7 heteroatoms. The Bertz CT molecular complexity index is 713. The first-order valence-corrected chi connectivity index (χ1v) is 9.38.